The maximum absolute atomic E-state index is 12.6. The van der Waals surface area contributed by atoms with Gasteiger partial charge in [-0.25, -0.2) is 8.78 Å². The summed E-state index contributed by atoms with van der Waals surface area (Å²) in [7, 11) is 0. The van der Waals surface area contributed by atoms with Crippen molar-refractivity contribution in [2.75, 3.05) is 0 Å². The van der Waals surface area contributed by atoms with Crippen LogP contribution in [-0.2, 0) is 11.3 Å². The Hall–Kier alpha value is -0.980. The van der Waals surface area contributed by atoms with E-state index in [1.165, 1.54) is 4.68 Å². The van der Waals surface area contributed by atoms with E-state index in [1.807, 2.05) is 13.8 Å². The molecule has 0 aliphatic carbocycles. The molecule has 4 nitrogen and oxygen atoms in total. The Kier molecular flexibility index (Phi) is 4.62. The van der Waals surface area contributed by atoms with Crippen molar-refractivity contribution >= 4 is 21.8 Å². The Morgan fingerprint density at radius 1 is 1.53 bits per heavy atom. The zero-order valence-corrected chi connectivity index (χ0v) is 11.4. The quantitative estimate of drug-likeness (QED) is 0.928. The SMILES string of the molecule is Cc1c(Br)c(C(F)F)nn1CC(=O)NC(C)C. The Morgan fingerprint density at radius 2 is 2.12 bits per heavy atom. The lowest BCUT2D eigenvalue weighted by Gasteiger charge is -2.09. The summed E-state index contributed by atoms with van der Waals surface area (Å²) in [6.07, 6.45) is -2.66. The number of carbonyl (C=O) groups is 1. The molecule has 1 amide bonds. The average molecular weight is 310 g/mol. The highest BCUT2D eigenvalue weighted by Gasteiger charge is 2.21. The molecular weight excluding hydrogens is 296 g/mol. The Morgan fingerprint density at radius 3 is 2.53 bits per heavy atom. The van der Waals surface area contributed by atoms with Crippen LogP contribution in [0.5, 0.6) is 0 Å². The van der Waals surface area contributed by atoms with Crippen LogP contribution < -0.4 is 5.32 Å². The van der Waals surface area contributed by atoms with Crippen molar-refractivity contribution < 1.29 is 13.6 Å². The van der Waals surface area contributed by atoms with Crippen LogP contribution in [0.25, 0.3) is 0 Å². The summed E-state index contributed by atoms with van der Waals surface area (Å²) in [6.45, 7) is 5.23. The zero-order chi connectivity index (χ0) is 13.2. The summed E-state index contributed by atoms with van der Waals surface area (Å²) in [4.78, 5) is 11.5. The van der Waals surface area contributed by atoms with Crippen LogP contribution in [0.3, 0.4) is 0 Å². The molecule has 0 fully saturated rings. The first kappa shape index (κ1) is 14.1. The second-order valence-electron chi connectivity index (χ2n) is 3.97. The number of nitrogens with one attached hydrogen (secondary N) is 1. The third-order valence-corrected chi connectivity index (χ3v) is 3.09. The van der Waals surface area contributed by atoms with Gasteiger partial charge in [-0.1, -0.05) is 0 Å². The van der Waals surface area contributed by atoms with E-state index in [4.69, 9.17) is 0 Å². The van der Waals surface area contributed by atoms with Crippen molar-refractivity contribution in [1.29, 1.82) is 0 Å². The summed E-state index contributed by atoms with van der Waals surface area (Å²) in [6, 6.07) is 0.0105. The van der Waals surface area contributed by atoms with Crippen LogP contribution in [0.1, 0.15) is 31.7 Å². The van der Waals surface area contributed by atoms with Crippen molar-refractivity contribution in [3.05, 3.63) is 15.9 Å². The van der Waals surface area contributed by atoms with E-state index >= 15 is 0 Å². The highest BCUT2D eigenvalue weighted by atomic mass is 79.9. The smallest absolute Gasteiger partial charge is 0.283 e. The first-order chi connectivity index (χ1) is 7.82. The monoisotopic (exact) mass is 309 g/mol. The van der Waals surface area contributed by atoms with E-state index in [1.54, 1.807) is 6.92 Å². The van der Waals surface area contributed by atoms with Crippen LogP contribution in [0.4, 0.5) is 8.78 Å². The van der Waals surface area contributed by atoms with Crippen molar-refractivity contribution in [3.63, 3.8) is 0 Å². The molecule has 0 aliphatic rings. The van der Waals surface area contributed by atoms with E-state index in [0.29, 0.717) is 5.69 Å². The lowest BCUT2D eigenvalue weighted by molar-refractivity contribution is -0.122. The maximum Gasteiger partial charge on any atom is 0.283 e. The predicted octanol–water partition coefficient (Wildman–Crippen LogP) is 2.42. The minimum absolute atomic E-state index is 0.0105. The molecule has 1 N–H and O–H groups in total. The first-order valence-corrected chi connectivity index (χ1v) is 5.92. The van der Waals surface area contributed by atoms with E-state index in [2.05, 4.69) is 26.3 Å². The second-order valence-corrected chi connectivity index (χ2v) is 4.76. The van der Waals surface area contributed by atoms with Gasteiger partial charge < -0.3 is 5.32 Å². The molecule has 0 aliphatic heterocycles. The Labute approximate surface area is 107 Å². The number of hydrogen-bond donors (Lipinski definition) is 1. The van der Waals surface area contributed by atoms with Gasteiger partial charge in [0.05, 0.1) is 10.2 Å². The number of rotatable bonds is 4. The topological polar surface area (TPSA) is 46.9 Å². The summed E-state index contributed by atoms with van der Waals surface area (Å²) < 4.78 is 26.6. The highest BCUT2D eigenvalue weighted by molar-refractivity contribution is 9.10. The van der Waals surface area contributed by atoms with Gasteiger partial charge in [-0.2, -0.15) is 5.10 Å². The van der Waals surface area contributed by atoms with Gasteiger partial charge in [0.15, 0.2) is 0 Å². The molecule has 1 aromatic heterocycles. The molecule has 0 saturated carbocycles. The third kappa shape index (κ3) is 3.49. The van der Waals surface area contributed by atoms with Crippen molar-refractivity contribution in [3.8, 4) is 0 Å². The maximum atomic E-state index is 12.6. The lowest BCUT2D eigenvalue weighted by atomic mass is 10.3. The van der Waals surface area contributed by atoms with Crippen LogP contribution in [0, 0.1) is 6.92 Å². The molecule has 1 heterocycles. The molecule has 0 spiro atoms. The average Bonchev–Trinajstić information content (AvgIpc) is 2.45. The summed E-state index contributed by atoms with van der Waals surface area (Å²) in [5, 5.41) is 6.39. The van der Waals surface area contributed by atoms with Gasteiger partial charge in [0.2, 0.25) is 5.91 Å². The fraction of sp³-hybridized carbons (Fsp3) is 0.600. The molecule has 0 aromatic carbocycles. The fourth-order valence-corrected chi connectivity index (χ4v) is 1.80. The molecule has 0 radical (unpaired) electrons. The molecule has 1 rings (SSSR count). The first-order valence-electron chi connectivity index (χ1n) is 5.13. The number of aromatic nitrogens is 2. The number of amides is 1. The molecule has 0 unspecified atom stereocenters. The van der Waals surface area contributed by atoms with Gasteiger partial charge in [0.1, 0.15) is 12.2 Å². The number of alkyl halides is 2. The van der Waals surface area contributed by atoms with Gasteiger partial charge in [0, 0.05) is 6.04 Å². The largest absolute Gasteiger partial charge is 0.352 e. The third-order valence-electron chi connectivity index (χ3n) is 2.11. The second kappa shape index (κ2) is 5.57. The lowest BCUT2D eigenvalue weighted by Crippen LogP contribution is -2.33. The molecule has 1 aromatic rings. The van der Waals surface area contributed by atoms with Gasteiger partial charge >= 0.3 is 0 Å². The molecule has 96 valence electrons. The Bertz CT molecular complexity index is 418. The van der Waals surface area contributed by atoms with Crippen molar-refractivity contribution in [1.82, 2.24) is 15.1 Å². The van der Waals surface area contributed by atoms with Gasteiger partial charge in [-0.15, -0.1) is 0 Å². The minimum Gasteiger partial charge on any atom is -0.352 e. The number of halogens is 3. The fourth-order valence-electron chi connectivity index (χ4n) is 1.34. The molecule has 17 heavy (non-hydrogen) atoms. The van der Waals surface area contributed by atoms with Crippen LogP contribution >= 0.6 is 15.9 Å². The van der Waals surface area contributed by atoms with Gasteiger partial charge in [-0.05, 0) is 36.7 Å². The van der Waals surface area contributed by atoms with E-state index < -0.39 is 6.43 Å². The standard InChI is InChI=1S/C10H14BrF2N3O/c1-5(2)14-7(17)4-16-6(3)8(11)9(15-16)10(12)13/h5,10H,4H2,1-3H3,(H,14,17). The number of nitrogens with zero attached hydrogens (tertiary/aromatic N) is 2. The predicted molar refractivity (Wildman–Crippen MR) is 62.9 cm³/mol. The molecule has 7 heteroatoms. The normalized spacial score (nSPS) is 11.3. The number of hydrogen-bond acceptors (Lipinski definition) is 2. The van der Waals surface area contributed by atoms with Crippen LogP contribution in [0.2, 0.25) is 0 Å². The van der Waals surface area contributed by atoms with Gasteiger partial charge in [0.25, 0.3) is 6.43 Å². The summed E-state index contributed by atoms with van der Waals surface area (Å²) >= 11 is 3.05. The van der Waals surface area contributed by atoms with E-state index in [-0.39, 0.29) is 28.7 Å². The molecule has 0 atom stereocenters. The minimum atomic E-state index is -2.66. The van der Waals surface area contributed by atoms with Crippen molar-refractivity contribution in [2.45, 2.75) is 39.8 Å². The Balaban J connectivity index is 2.85. The van der Waals surface area contributed by atoms with Crippen molar-refractivity contribution in [2.24, 2.45) is 0 Å². The summed E-state index contributed by atoms with van der Waals surface area (Å²) in [5.74, 6) is -0.251. The number of carbonyl (C=O) groups excluding carboxylic acids is 1. The zero-order valence-electron chi connectivity index (χ0n) is 9.80. The molecular formula is C10H14BrF2N3O. The van der Waals surface area contributed by atoms with E-state index in [9.17, 15) is 13.6 Å². The summed E-state index contributed by atoms with van der Waals surface area (Å²) in [5.41, 5.74) is 0.180. The van der Waals surface area contributed by atoms with Crippen LogP contribution in [-0.4, -0.2) is 21.7 Å². The molecule has 0 saturated heterocycles. The van der Waals surface area contributed by atoms with Gasteiger partial charge in [-0.3, -0.25) is 9.48 Å². The van der Waals surface area contributed by atoms with Crippen LogP contribution in [0.15, 0.2) is 4.47 Å². The highest BCUT2D eigenvalue weighted by Crippen LogP contribution is 2.28. The van der Waals surface area contributed by atoms with E-state index in [0.717, 1.165) is 0 Å². The molecule has 0 bridgehead atoms.